The number of nitrogens with one attached hydrogen (secondary N) is 1. The van der Waals surface area contributed by atoms with Gasteiger partial charge in [-0.15, -0.1) is 0 Å². The lowest BCUT2D eigenvalue weighted by atomic mass is 10.1. The topological polar surface area (TPSA) is 15.3 Å². The van der Waals surface area contributed by atoms with Gasteiger partial charge in [0.2, 0.25) is 0 Å². The van der Waals surface area contributed by atoms with Gasteiger partial charge in [0.05, 0.1) is 0 Å². The van der Waals surface area contributed by atoms with E-state index in [1.807, 2.05) is 0 Å². The maximum absolute atomic E-state index is 3.51. The molecule has 1 saturated heterocycles. The van der Waals surface area contributed by atoms with Crippen LogP contribution in [0.5, 0.6) is 0 Å². The van der Waals surface area contributed by atoms with Gasteiger partial charge in [0.25, 0.3) is 0 Å². The fourth-order valence-electron chi connectivity index (χ4n) is 1.59. The maximum atomic E-state index is 3.51. The molecule has 0 saturated carbocycles. The van der Waals surface area contributed by atoms with Gasteiger partial charge in [-0.3, -0.25) is 4.90 Å². The van der Waals surface area contributed by atoms with Crippen molar-refractivity contribution < 1.29 is 1.43 Å². The first-order chi connectivity index (χ1) is 5.24. The molecule has 1 heterocycles. The maximum Gasteiger partial charge on any atom is 0.0193 e. The highest BCUT2D eigenvalue weighted by molar-refractivity contribution is 4.78. The van der Waals surface area contributed by atoms with Crippen LogP contribution in [0.1, 0.15) is 28.6 Å². The normalized spacial score (nSPS) is 27.8. The van der Waals surface area contributed by atoms with E-state index >= 15 is 0 Å². The molecule has 0 aromatic rings. The average Bonchev–Trinajstić information content (AvgIpc) is 2.05. The van der Waals surface area contributed by atoms with Gasteiger partial charge < -0.3 is 5.32 Å². The molecular weight excluding hydrogens is 136 g/mol. The molecular formula is C9H22N2. The molecule has 1 atom stereocenters. The molecule has 0 spiro atoms. The summed E-state index contributed by atoms with van der Waals surface area (Å²) in [4.78, 5) is 2.55. The third kappa shape index (κ3) is 2.46. The number of hydrogen-bond donors (Lipinski definition) is 1. The van der Waals surface area contributed by atoms with E-state index in [-0.39, 0.29) is 1.43 Å². The van der Waals surface area contributed by atoms with E-state index < -0.39 is 0 Å². The Kier molecular flexibility index (Phi) is 3.34. The van der Waals surface area contributed by atoms with Crippen molar-refractivity contribution in [3.63, 3.8) is 0 Å². The van der Waals surface area contributed by atoms with Crippen molar-refractivity contribution in [3.8, 4) is 0 Å². The molecule has 11 heavy (non-hydrogen) atoms. The van der Waals surface area contributed by atoms with E-state index in [2.05, 4.69) is 31.0 Å². The van der Waals surface area contributed by atoms with Gasteiger partial charge in [0.15, 0.2) is 0 Å². The van der Waals surface area contributed by atoms with Crippen molar-refractivity contribution in [2.24, 2.45) is 0 Å². The van der Waals surface area contributed by atoms with Gasteiger partial charge in [-0.2, -0.15) is 0 Å². The zero-order valence-corrected chi connectivity index (χ0v) is 7.93. The summed E-state index contributed by atoms with van der Waals surface area (Å²) in [5.74, 6) is 0. The van der Waals surface area contributed by atoms with Crippen LogP contribution in [-0.4, -0.2) is 36.6 Å². The zero-order valence-electron chi connectivity index (χ0n) is 7.93. The molecule has 0 amide bonds. The van der Waals surface area contributed by atoms with Crippen LogP contribution in [0.25, 0.3) is 0 Å². The van der Waals surface area contributed by atoms with Crippen LogP contribution >= 0.6 is 0 Å². The summed E-state index contributed by atoms with van der Waals surface area (Å²) in [6.07, 6.45) is 1.25. The fraction of sp³-hybridized carbons (Fsp3) is 1.00. The first-order valence-corrected chi connectivity index (χ1v) is 4.71. The van der Waals surface area contributed by atoms with Gasteiger partial charge in [-0.1, -0.05) is 6.92 Å². The highest BCUT2D eigenvalue weighted by Crippen LogP contribution is 2.05. The zero-order chi connectivity index (χ0) is 8.27. The van der Waals surface area contributed by atoms with E-state index in [4.69, 9.17) is 0 Å². The smallest absolute Gasteiger partial charge is 0.0193 e. The highest BCUT2D eigenvalue weighted by Gasteiger charge is 2.18. The molecule has 2 heteroatoms. The number of rotatable bonds is 2. The summed E-state index contributed by atoms with van der Waals surface area (Å²) >= 11 is 0. The SMILES string of the molecule is CCC1CN(C(C)C)CCN1.[HH]. The molecule has 0 radical (unpaired) electrons. The molecule has 0 bridgehead atoms. The molecule has 1 rings (SSSR count). The number of piperazine rings is 1. The van der Waals surface area contributed by atoms with Crippen LogP contribution in [0.2, 0.25) is 0 Å². The van der Waals surface area contributed by atoms with Gasteiger partial charge in [0, 0.05) is 33.1 Å². The Hall–Kier alpha value is -0.0800. The van der Waals surface area contributed by atoms with E-state index in [1.54, 1.807) is 0 Å². The Bertz CT molecular complexity index is 117. The number of hydrogen-bond acceptors (Lipinski definition) is 2. The first kappa shape index (κ1) is 9.01. The minimum Gasteiger partial charge on any atom is -0.311 e. The third-order valence-electron chi connectivity index (χ3n) is 2.51. The van der Waals surface area contributed by atoms with Crippen LogP contribution in [0.3, 0.4) is 0 Å². The second kappa shape index (κ2) is 4.07. The monoisotopic (exact) mass is 158 g/mol. The van der Waals surface area contributed by atoms with Gasteiger partial charge in [-0.05, 0) is 20.3 Å². The molecule has 0 aliphatic carbocycles. The summed E-state index contributed by atoms with van der Waals surface area (Å²) in [6, 6.07) is 1.44. The van der Waals surface area contributed by atoms with E-state index in [9.17, 15) is 0 Å². The summed E-state index contributed by atoms with van der Waals surface area (Å²) in [7, 11) is 0. The van der Waals surface area contributed by atoms with E-state index in [0.717, 1.165) is 12.6 Å². The molecule has 2 nitrogen and oxygen atoms in total. The summed E-state index contributed by atoms with van der Waals surface area (Å²) in [5, 5.41) is 3.51. The van der Waals surface area contributed by atoms with Crippen molar-refractivity contribution in [2.45, 2.75) is 39.3 Å². The summed E-state index contributed by atoms with van der Waals surface area (Å²) < 4.78 is 0. The molecule has 1 fully saturated rings. The Balaban J connectivity index is 0.00000121. The molecule has 68 valence electrons. The molecule has 1 N–H and O–H groups in total. The van der Waals surface area contributed by atoms with Gasteiger partial charge >= 0.3 is 0 Å². The second-order valence-electron chi connectivity index (χ2n) is 3.65. The average molecular weight is 158 g/mol. The van der Waals surface area contributed by atoms with Crippen molar-refractivity contribution >= 4 is 0 Å². The first-order valence-electron chi connectivity index (χ1n) is 4.71. The predicted molar refractivity (Wildman–Crippen MR) is 50.9 cm³/mol. The summed E-state index contributed by atoms with van der Waals surface area (Å²) in [6.45, 7) is 10.4. The molecule has 1 aliphatic heterocycles. The molecule has 0 aromatic carbocycles. The van der Waals surface area contributed by atoms with Crippen molar-refractivity contribution in [2.75, 3.05) is 19.6 Å². The lowest BCUT2D eigenvalue weighted by Crippen LogP contribution is -2.52. The fourth-order valence-corrected chi connectivity index (χ4v) is 1.59. The largest absolute Gasteiger partial charge is 0.311 e. The Morgan fingerprint density at radius 2 is 2.36 bits per heavy atom. The Morgan fingerprint density at radius 3 is 2.91 bits per heavy atom. The lowest BCUT2D eigenvalue weighted by molar-refractivity contribution is 0.160. The second-order valence-corrected chi connectivity index (χ2v) is 3.65. The molecule has 1 aliphatic rings. The summed E-state index contributed by atoms with van der Waals surface area (Å²) in [5.41, 5.74) is 0. The van der Waals surface area contributed by atoms with E-state index in [0.29, 0.717) is 6.04 Å². The van der Waals surface area contributed by atoms with Crippen LogP contribution in [0, 0.1) is 0 Å². The molecule has 1 unspecified atom stereocenters. The van der Waals surface area contributed by atoms with Crippen LogP contribution in [0.4, 0.5) is 0 Å². The van der Waals surface area contributed by atoms with Crippen LogP contribution in [-0.2, 0) is 0 Å². The minimum absolute atomic E-state index is 0. The third-order valence-corrected chi connectivity index (χ3v) is 2.51. The van der Waals surface area contributed by atoms with Crippen LogP contribution in [0.15, 0.2) is 0 Å². The van der Waals surface area contributed by atoms with Crippen molar-refractivity contribution in [1.29, 1.82) is 0 Å². The van der Waals surface area contributed by atoms with Crippen molar-refractivity contribution in [1.82, 2.24) is 10.2 Å². The number of nitrogens with zero attached hydrogens (tertiary/aromatic N) is 1. The lowest BCUT2D eigenvalue weighted by Gasteiger charge is -2.35. The van der Waals surface area contributed by atoms with Crippen molar-refractivity contribution in [3.05, 3.63) is 0 Å². The van der Waals surface area contributed by atoms with Gasteiger partial charge in [0.1, 0.15) is 0 Å². The van der Waals surface area contributed by atoms with Crippen LogP contribution < -0.4 is 5.32 Å². The highest BCUT2D eigenvalue weighted by atomic mass is 15.2. The standard InChI is InChI=1S/C9H20N2.H2/c1-4-9-7-11(8(2)3)6-5-10-9;/h8-10H,4-7H2,1-3H3;1H. The predicted octanol–water partition coefficient (Wildman–Crippen LogP) is 1.32. The van der Waals surface area contributed by atoms with Gasteiger partial charge in [-0.25, -0.2) is 0 Å². The quantitative estimate of drug-likeness (QED) is 0.652. The Labute approximate surface area is 71.4 Å². The minimum atomic E-state index is 0. The molecule has 0 aromatic heterocycles. The Morgan fingerprint density at radius 1 is 1.64 bits per heavy atom. The van der Waals surface area contributed by atoms with E-state index in [1.165, 1.54) is 19.5 Å².